The van der Waals surface area contributed by atoms with E-state index < -0.39 is 10.0 Å². The van der Waals surface area contributed by atoms with Crippen LogP contribution in [-0.4, -0.2) is 42.5 Å². The normalized spacial score (nSPS) is 15.3. The monoisotopic (exact) mass is 497 g/mol. The number of nitrogens with one attached hydrogen (secondary N) is 1. The molecule has 9 heteroatoms. The molecule has 0 unspecified atom stereocenters. The molecule has 1 saturated heterocycles. The molecule has 0 radical (unpaired) electrons. The minimum atomic E-state index is -3.72. The van der Waals surface area contributed by atoms with Crippen LogP contribution in [0.25, 0.3) is 11.3 Å². The van der Waals surface area contributed by atoms with Crippen molar-refractivity contribution in [3.05, 3.63) is 64.5 Å². The van der Waals surface area contributed by atoms with E-state index in [1.165, 1.54) is 34.7 Å². The molecule has 7 nitrogen and oxygen atoms in total. The molecule has 1 aliphatic heterocycles. The molecule has 0 aliphatic carbocycles. The lowest BCUT2D eigenvalue weighted by Crippen LogP contribution is -2.41. The van der Waals surface area contributed by atoms with Crippen LogP contribution in [-0.2, 0) is 14.8 Å². The summed E-state index contributed by atoms with van der Waals surface area (Å²) in [4.78, 5) is 29.1. The fourth-order valence-electron chi connectivity index (χ4n) is 4.06. The fourth-order valence-corrected chi connectivity index (χ4v) is 6.29. The molecule has 1 aromatic heterocycles. The molecule has 1 N–H and O–H groups in total. The molecule has 0 bridgehead atoms. The number of nitrogens with zero attached hydrogens (tertiary/aromatic N) is 2. The molecule has 4 rings (SSSR count). The van der Waals surface area contributed by atoms with E-state index in [9.17, 15) is 18.0 Å². The van der Waals surface area contributed by atoms with Crippen molar-refractivity contribution in [2.45, 2.75) is 38.5 Å². The van der Waals surface area contributed by atoms with E-state index in [-0.39, 0.29) is 35.6 Å². The molecule has 2 aromatic carbocycles. The van der Waals surface area contributed by atoms with Gasteiger partial charge >= 0.3 is 0 Å². The Labute approximate surface area is 203 Å². The molecule has 178 valence electrons. The Bertz CT molecular complexity index is 1340. The number of aryl methyl sites for hydroxylation is 2. The van der Waals surface area contributed by atoms with Crippen LogP contribution in [0.3, 0.4) is 0 Å². The second-order valence-corrected chi connectivity index (χ2v) is 11.4. The van der Waals surface area contributed by atoms with Gasteiger partial charge in [0.25, 0.3) is 0 Å². The Balaban J connectivity index is 1.39. The van der Waals surface area contributed by atoms with Crippen molar-refractivity contribution in [3.8, 4) is 11.3 Å². The number of carbonyl (C=O) groups is 2. The van der Waals surface area contributed by atoms with E-state index in [1.54, 1.807) is 12.1 Å². The third kappa shape index (κ3) is 5.11. The third-order valence-electron chi connectivity index (χ3n) is 6.11. The largest absolute Gasteiger partial charge is 0.302 e. The van der Waals surface area contributed by atoms with Gasteiger partial charge in [0.2, 0.25) is 15.9 Å². The van der Waals surface area contributed by atoms with Gasteiger partial charge in [-0.25, -0.2) is 13.4 Å². The van der Waals surface area contributed by atoms with E-state index in [0.717, 1.165) is 22.4 Å². The Morgan fingerprint density at radius 3 is 2.53 bits per heavy atom. The van der Waals surface area contributed by atoms with Crippen molar-refractivity contribution in [1.82, 2.24) is 9.29 Å². The maximum Gasteiger partial charge on any atom is 0.243 e. The standard InChI is InChI=1S/C25H27N3O4S2/c1-16-7-8-17(2)22(13-16)23-15-33-25(26-23)27-24(30)19-9-11-28(12-10-19)34(31,32)21-6-4-5-20(14-21)18(3)29/h4-8,13-15,19H,9-12H2,1-3H3,(H,26,27,30). The van der Waals surface area contributed by atoms with Crippen molar-refractivity contribution in [2.24, 2.45) is 5.92 Å². The highest BCUT2D eigenvalue weighted by molar-refractivity contribution is 7.89. The van der Waals surface area contributed by atoms with Crippen LogP contribution in [0.2, 0.25) is 0 Å². The predicted octanol–water partition coefficient (Wildman–Crippen LogP) is 4.67. The van der Waals surface area contributed by atoms with Crippen molar-refractivity contribution >= 4 is 38.2 Å². The van der Waals surface area contributed by atoms with Crippen LogP contribution < -0.4 is 5.32 Å². The first kappa shape index (κ1) is 24.3. The average Bonchev–Trinajstić information content (AvgIpc) is 3.29. The summed E-state index contributed by atoms with van der Waals surface area (Å²) in [6, 6.07) is 12.3. The van der Waals surface area contributed by atoms with Crippen LogP contribution in [0.5, 0.6) is 0 Å². The van der Waals surface area contributed by atoms with Gasteiger partial charge in [0, 0.05) is 35.5 Å². The Morgan fingerprint density at radius 1 is 1.09 bits per heavy atom. The van der Waals surface area contributed by atoms with Gasteiger partial charge in [0.05, 0.1) is 10.6 Å². The van der Waals surface area contributed by atoms with Gasteiger partial charge in [-0.1, -0.05) is 29.8 Å². The molecule has 1 amide bonds. The van der Waals surface area contributed by atoms with E-state index in [0.29, 0.717) is 23.5 Å². The quantitative estimate of drug-likeness (QED) is 0.499. The summed E-state index contributed by atoms with van der Waals surface area (Å²) >= 11 is 1.38. The summed E-state index contributed by atoms with van der Waals surface area (Å²) in [6.07, 6.45) is 0.847. The SMILES string of the molecule is CC(=O)c1cccc(S(=O)(=O)N2CCC(C(=O)Nc3nc(-c4cc(C)ccc4C)cs3)CC2)c1. The van der Waals surface area contributed by atoms with Gasteiger partial charge in [0.1, 0.15) is 0 Å². The summed E-state index contributed by atoms with van der Waals surface area (Å²) in [7, 11) is -3.72. The molecule has 1 fully saturated rings. The lowest BCUT2D eigenvalue weighted by atomic mass is 9.97. The first-order valence-corrected chi connectivity index (χ1v) is 13.4. The van der Waals surface area contributed by atoms with Crippen molar-refractivity contribution in [1.29, 1.82) is 0 Å². The zero-order valence-electron chi connectivity index (χ0n) is 19.4. The molecular weight excluding hydrogens is 470 g/mol. The summed E-state index contributed by atoms with van der Waals surface area (Å²) in [6.45, 7) is 5.96. The highest BCUT2D eigenvalue weighted by Crippen LogP contribution is 2.30. The molecule has 0 spiro atoms. The zero-order valence-corrected chi connectivity index (χ0v) is 21.0. The zero-order chi connectivity index (χ0) is 24.5. The molecule has 3 aromatic rings. The first-order valence-electron chi connectivity index (χ1n) is 11.1. The van der Waals surface area contributed by atoms with Crippen molar-refractivity contribution in [2.75, 3.05) is 18.4 Å². The highest BCUT2D eigenvalue weighted by atomic mass is 32.2. The number of aromatic nitrogens is 1. The number of hydrogen-bond donors (Lipinski definition) is 1. The maximum atomic E-state index is 13.0. The van der Waals surface area contributed by atoms with Gasteiger partial charge in [-0.05, 0) is 57.4 Å². The summed E-state index contributed by atoms with van der Waals surface area (Å²) in [5.41, 5.74) is 4.50. The van der Waals surface area contributed by atoms with Gasteiger partial charge in [-0.15, -0.1) is 11.3 Å². The number of Topliss-reactive ketones (excluding diaryl/α,β-unsaturated/α-hetero) is 1. The molecular formula is C25H27N3O4S2. The number of rotatable bonds is 6. The lowest BCUT2D eigenvalue weighted by Gasteiger charge is -2.30. The second kappa shape index (κ2) is 9.77. The van der Waals surface area contributed by atoms with Gasteiger partial charge in [-0.2, -0.15) is 4.31 Å². The van der Waals surface area contributed by atoms with Crippen molar-refractivity contribution < 1.29 is 18.0 Å². The van der Waals surface area contributed by atoms with Crippen molar-refractivity contribution in [3.63, 3.8) is 0 Å². The number of hydrogen-bond acceptors (Lipinski definition) is 6. The predicted molar refractivity (Wildman–Crippen MR) is 134 cm³/mol. The van der Waals surface area contributed by atoms with Crippen LogP contribution in [0.1, 0.15) is 41.3 Å². The van der Waals surface area contributed by atoms with Crippen LogP contribution in [0, 0.1) is 19.8 Å². The van der Waals surface area contributed by atoms with Crippen LogP contribution >= 0.6 is 11.3 Å². The molecule has 0 atom stereocenters. The minimum Gasteiger partial charge on any atom is -0.302 e. The number of thiazole rings is 1. The number of ketones is 1. The van der Waals surface area contributed by atoms with E-state index >= 15 is 0 Å². The van der Waals surface area contributed by atoms with Gasteiger partial charge < -0.3 is 5.32 Å². The second-order valence-electron chi connectivity index (χ2n) is 8.61. The van der Waals surface area contributed by atoms with Gasteiger partial charge in [0.15, 0.2) is 10.9 Å². The van der Waals surface area contributed by atoms with E-state index in [4.69, 9.17) is 0 Å². The average molecular weight is 498 g/mol. The molecule has 0 saturated carbocycles. The number of sulfonamides is 1. The maximum absolute atomic E-state index is 13.0. The lowest BCUT2D eigenvalue weighted by molar-refractivity contribution is -0.120. The van der Waals surface area contributed by atoms with Crippen LogP contribution in [0.4, 0.5) is 5.13 Å². The fraction of sp³-hybridized carbons (Fsp3) is 0.320. The molecule has 34 heavy (non-hydrogen) atoms. The number of piperidine rings is 1. The Morgan fingerprint density at radius 2 is 1.82 bits per heavy atom. The highest BCUT2D eigenvalue weighted by Gasteiger charge is 2.32. The summed E-state index contributed by atoms with van der Waals surface area (Å²) < 4.78 is 27.4. The Kier molecular flexibility index (Phi) is 6.97. The first-order chi connectivity index (χ1) is 16.1. The van der Waals surface area contributed by atoms with E-state index in [1.807, 2.05) is 19.2 Å². The summed E-state index contributed by atoms with van der Waals surface area (Å²) in [5.74, 6) is -0.615. The molecule has 1 aliphatic rings. The third-order valence-corrected chi connectivity index (χ3v) is 8.76. The number of anilines is 1. The smallest absolute Gasteiger partial charge is 0.243 e. The van der Waals surface area contributed by atoms with Gasteiger partial charge in [-0.3, -0.25) is 9.59 Å². The summed E-state index contributed by atoms with van der Waals surface area (Å²) in [5, 5.41) is 5.38. The topological polar surface area (TPSA) is 96.4 Å². The molecule has 2 heterocycles. The minimum absolute atomic E-state index is 0.102. The number of carbonyl (C=O) groups excluding carboxylic acids is 2. The van der Waals surface area contributed by atoms with E-state index in [2.05, 4.69) is 28.5 Å². The Hall–Kier alpha value is -2.88. The number of benzene rings is 2. The van der Waals surface area contributed by atoms with Crippen LogP contribution in [0.15, 0.2) is 52.7 Å². The number of amides is 1.